The summed E-state index contributed by atoms with van der Waals surface area (Å²) in [6, 6.07) is 0. The van der Waals surface area contributed by atoms with Gasteiger partial charge >= 0.3 is 11.9 Å². The van der Waals surface area contributed by atoms with Crippen LogP contribution in [0, 0.1) is 0 Å². The Morgan fingerprint density at radius 2 is 1.26 bits per heavy atom. The molecule has 1 amide bonds. The lowest BCUT2D eigenvalue weighted by molar-refractivity contribution is -0.146. The van der Waals surface area contributed by atoms with E-state index in [1.54, 1.807) is 0 Å². The SMILES string of the molecule is CCCCCC(=O)OCCOCCOCCOCCOCCNC(=O)COCC(=O)O. The third-order valence-corrected chi connectivity index (χ3v) is 3.62. The largest absolute Gasteiger partial charge is 0.480 e. The third-order valence-electron chi connectivity index (χ3n) is 3.62. The second kappa shape index (κ2) is 22.9. The van der Waals surface area contributed by atoms with Crippen molar-refractivity contribution in [2.24, 2.45) is 0 Å². The fraction of sp³-hybridized carbons (Fsp3) is 0.850. The molecule has 0 saturated heterocycles. The number of carbonyl (C=O) groups excluding carboxylic acids is 2. The molecule has 0 saturated carbocycles. The second-order valence-electron chi connectivity index (χ2n) is 6.36. The minimum Gasteiger partial charge on any atom is -0.480 e. The van der Waals surface area contributed by atoms with Gasteiger partial charge in [-0.2, -0.15) is 0 Å². The van der Waals surface area contributed by atoms with Crippen LogP contribution in [-0.2, 0) is 42.8 Å². The highest BCUT2D eigenvalue weighted by molar-refractivity contribution is 5.77. The molecule has 0 aliphatic heterocycles. The minimum absolute atomic E-state index is 0.179. The monoisotopic (exact) mass is 451 g/mol. The van der Waals surface area contributed by atoms with E-state index in [4.69, 9.17) is 28.8 Å². The number of carbonyl (C=O) groups is 3. The fourth-order valence-corrected chi connectivity index (χ4v) is 2.11. The molecule has 11 nitrogen and oxygen atoms in total. The first-order valence-electron chi connectivity index (χ1n) is 10.6. The van der Waals surface area contributed by atoms with Crippen LogP contribution in [0.15, 0.2) is 0 Å². The molecule has 0 fully saturated rings. The predicted octanol–water partition coefficient (Wildman–Crippen LogP) is 0.394. The highest BCUT2D eigenvalue weighted by Crippen LogP contribution is 2.00. The lowest BCUT2D eigenvalue weighted by atomic mass is 10.2. The first-order valence-corrected chi connectivity index (χ1v) is 10.6. The summed E-state index contributed by atoms with van der Waals surface area (Å²) in [7, 11) is 0. The van der Waals surface area contributed by atoms with Crippen LogP contribution in [0.5, 0.6) is 0 Å². The van der Waals surface area contributed by atoms with Crippen molar-refractivity contribution in [2.45, 2.75) is 32.6 Å². The molecular formula is C20H37NO10. The summed E-state index contributed by atoms with van der Waals surface area (Å²) >= 11 is 0. The van der Waals surface area contributed by atoms with Crippen molar-refractivity contribution in [1.82, 2.24) is 5.32 Å². The molecule has 0 bridgehead atoms. The average Bonchev–Trinajstić information content (AvgIpc) is 2.73. The predicted molar refractivity (Wildman–Crippen MR) is 110 cm³/mol. The zero-order valence-electron chi connectivity index (χ0n) is 18.4. The van der Waals surface area contributed by atoms with E-state index in [-0.39, 0.29) is 19.2 Å². The number of amides is 1. The van der Waals surface area contributed by atoms with E-state index in [2.05, 4.69) is 17.0 Å². The van der Waals surface area contributed by atoms with E-state index in [0.717, 1.165) is 19.3 Å². The molecule has 0 aliphatic carbocycles. The minimum atomic E-state index is -1.12. The molecule has 182 valence electrons. The highest BCUT2D eigenvalue weighted by atomic mass is 16.6. The van der Waals surface area contributed by atoms with Crippen molar-refractivity contribution in [3.8, 4) is 0 Å². The van der Waals surface area contributed by atoms with Crippen LogP contribution in [0.4, 0.5) is 0 Å². The molecule has 0 aromatic carbocycles. The fourth-order valence-electron chi connectivity index (χ4n) is 2.11. The van der Waals surface area contributed by atoms with Gasteiger partial charge < -0.3 is 38.8 Å². The Morgan fingerprint density at radius 3 is 1.81 bits per heavy atom. The van der Waals surface area contributed by atoms with Crippen molar-refractivity contribution in [2.75, 3.05) is 79.2 Å². The summed E-state index contributed by atoms with van der Waals surface area (Å²) in [6.07, 6.45) is 3.44. The van der Waals surface area contributed by atoms with Crippen LogP contribution in [0.3, 0.4) is 0 Å². The van der Waals surface area contributed by atoms with Crippen LogP contribution >= 0.6 is 0 Å². The summed E-state index contributed by atoms with van der Waals surface area (Å²) < 4.78 is 31.0. The Hall–Kier alpha value is -1.79. The number of rotatable bonds is 23. The number of hydrogen-bond acceptors (Lipinski definition) is 9. The summed E-state index contributed by atoms with van der Waals surface area (Å²) in [5.41, 5.74) is 0. The molecule has 0 aliphatic rings. The van der Waals surface area contributed by atoms with Crippen LogP contribution in [-0.4, -0.2) is 102 Å². The van der Waals surface area contributed by atoms with Crippen LogP contribution in [0.1, 0.15) is 32.6 Å². The Labute approximate surface area is 183 Å². The molecule has 0 aromatic rings. The van der Waals surface area contributed by atoms with Crippen molar-refractivity contribution in [3.63, 3.8) is 0 Å². The van der Waals surface area contributed by atoms with E-state index in [1.165, 1.54) is 0 Å². The number of ether oxygens (including phenoxy) is 6. The lowest BCUT2D eigenvalue weighted by Gasteiger charge is -2.08. The number of nitrogens with one attached hydrogen (secondary N) is 1. The second-order valence-corrected chi connectivity index (χ2v) is 6.36. The molecule has 0 radical (unpaired) electrons. The van der Waals surface area contributed by atoms with Gasteiger partial charge in [-0.1, -0.05) is 19.8 Å². The van der Waals surface area contributed by atoms with Crippen molar-refractivity contribution >= 4 is 17.8 Å². The van der Waals surface area contributed by atoms with Gasteiger partial charge in [-0.25, -0.2) is 4.79 Å². The maximum atomic E-state index is 11.4. The number of unbranched alkanes of at least 4 members (excludes halogenated alkanes) is 2. The standard InChI is InChI=1S/C20H37NO10/c1-2-3-4-5-20(25)31-15-14-29-13-12-28-11-10-27-9-8-26-7-6-21-18(22)16-30-17-19(23)24/h2-17H2,1H3,(H,21,22)(H,23,24). The topological polar surface area (TPSA) is 139 Å². The Balaban J connectivity index is 3.17. The van der Waals surface area contributed by atoms with E-state index in [1.807, 2.05) is 0 Å². The number of aliphatic carboxylic acids is 1. The zero-order valence-corrected chi connectivity index (χ0v) is 18.4. The van der Waals surface area contributed by atoms with Crippen molar-refractivity contribution in [3.05, 3.63) is 0 Å². The molecule has 11 heteroatoms. The van der Waals surface area contributed by atoms with Gasteiger partial charge in [0.25, 0.3) is 0 Å². The number of esters is 1. The Bertz CT molecular complexity index is 461. The molecule has 0 atom stereocenters. The van der Waals surface area contributed by atoms with Gasteiger partial charge in [-0.05, 0) is 6.42 Å². The zero-order chi connectivity index (χ0) is 23.0. The summed E-state index contributed by atoms with van der Waals surface area (Å²) in [6.45, 7) is 5.01. The van der Waals surface area contributed by atoms with E-state index in [0.29, 0.717) is 65.8 Å². The van der Waals surface area contributed by atoms with E-state index >= 15 is 0 Å². The Kier molecular flexibility index (Phi) is 21.6. The summed E-state index contributed by atoms with van der Waals surface area (Å²) in [5.74, 6) is -1.70. The Morgan fingerprint density at radius 1 is 0.710 bits per heavy atom. The maximum absolute atomic E-state index is 11.4. The number of carboxylic acids is 1. The molecule has 0 unspecified atom stereocenters. The molecule has 0 rings (SSSR count). The smallest absolute Gasteiger partial charge is 0.329 e. The first-order chi connectivity index (χ1) is 15.1. The van der Waals surface area contributed by atoms with Gasteiger partial charge in [-0.15, -0.1) is 0 Å². The average molecular weight is 452 g/mol. The van der Waals surface area contributed by atoms with Gasteiger partial charge in [0.1, 0.15) is 19.8 Å². The summed E-state index contributed by atoms with van der Waals surface area (Å²) in [5, 5.41) is 10.9. The van der Waals surface area contributed by atoms with Crippen molar-refractivity contribution in [1.29, 1.82) is 0 Å². The van der Waals surface area contributed by atoms with Crippen LogP contribution in [0.25, 0.3) is 0 Å². The number of carboxylic acid groups (broad SMARTS) is 1. The van der Waals surface area contributed by atoms with Crippen LogP contribution < -0.4 is 5.32 Å². The quantitative estimate of drug-likeness (QED) is 0.166. The lowest BCUT2D eigenvalue weighted by Crippen LogP contribution is -2.31. The van der Waals surface area contributed by atoms with Crippen LogP contribution in [0.2, 0.25) is 0 Å². The number of hydrogen-bond donors (Lipinski definition) is 2. The van der Waals surface area contributed by atoms with Gasteiger partial charge in [0.15, 0.2) is 0 Å². The third kappa shape index (κ3) is 24.4. The van der Waals surface area contributed by atoms with Gasteiger partial charge in [-0.3, -0.25) is 9.59 Å². The molecule has 0 spiro atoms. The van der Waals surface area contributed by atoms with Gasteiger partial charge in [0.2, 0.25) is 5.91 Å². The normalized spacial score (nSPS) is 10.7. The molecule has 31 heavy (non-hydrogen) atoms. The van der Waals surface area contributed by atoms with Crippen molar-refractivity contribution < 1.29 is 47.9 Å². The first kappa shape index (κ1) is 29.2. The van der Waals surface area contributed by atoms with Gasteiger partial charge in [0.05, 0.1) is 52.9 Å². The highest BCUT2D eigenvalue weighted by Gasteiger charge is 2.03. The molecular weight excluding hydrogens is 414 g/mol. The summed E-state index contributed by atoms with van der Waals surface area (Å²) in [4.78, 5) is 32.9. The molecule has 0 aromatic heterocycles. The van der Waals surface area contributed by atoms with Gasteiger partial charge in [0, 0.05) is 13.0 Å². The molecule has 2 N–H and O–H groups in total. The van der Waals surface area contributed by atoms with E-state index in [9.17, 15) is 14.4 Å². The maximum Gasteiger partial charge on any atom is 0.329 e. The van der Waals surface area contributed by atoms with E-state index < -0.39 is 18.5 Å². The molecule has 0 heterocycles.